The lowest BCUT2D eigenvalue weighted by Crippen LogP contribution is -2.05. The minimum atomic E-state index is 0.706. The molecule has 0 unspecified atom stereocenters. The van der Waals surface area contributed by atoms with Crippen LogP contribution < -0.4 is 9.47 Å². The Balaban J connectivity index is 1.65. The predicted molar refractivity (Wildman–Crippen MR) is 150 cm³/mol. The summed E-state index contributed by atoms with van der Waals surface area (Å²) in [6.45, 7) is 1.41. The topological polar surface area (TPSA) is 18.5 Å². The SMILES string of the molecule is c1ccc2c3c(ccc2c1)OCCSCCSCCSCCOc1ccc2ccccc2c1-3. The lowest BCUT2D eigenvalue weighted by Gasteiger charge is -2.19. The third kappa shape index (κ3) is 5.42. The zero-order valence-electron chi connectivity index (χ0n) is 18.6. The molecule has 5 heteroatoms. The van der Waals surface area contributed by atoms with Gasteiger partial charge in [0.25, 0.3) is 0 Å². The van der Waals surface area contributed by atoms with Gasteiger partial charge in [0.15, 0.2) is 0 Å². The highest BCUT2D eigenvalue weighted by Gasteiger charge is 2.19. The Morgan fingerprint density at radius 3 is 1.36 bits per heavy atom. The Bertz CT molecular complexity index is 1130. The zero-order chi connectivity index (χ0) is 22.3. The third-order valence-electron chi connectivity index (χ3n) is 5.75. The van der Waals surface area contributed by atoms with E-state index < -0.39 is 0 Å². The molecule has 1 aliphatic rings. The van der Waals surface area contributed by atoms with E-state index in [1.165, 1.54) is 44.6 Å². The quantitative estimate of drug-likeness (QED) is 0.250. The average Bonchev–Trinajstić information content (AvgIpc) is 2.86. The minimum Gasteiger partial charge on any atom is -0.492 e. The maximum atomic E-state index is 6.44. The van der Waals surface area contributed by atoms with Crippen molar-refractivity contribution in [1.82, 2.24) is 0 Å². The fraction of sp³-hybridized carbons (Fsp3) is 0.286. The molecule has 0 amide bonds. The van der Waals surface area contributed by atoms with E-state index in [2.05, 4.69) is 72.8 Å². The molecule has 170 valence electrons. The van der Waals surface area contributed by atoms with Crippen LogP contribution in [-0.2, 0) is 0 Å². The number of benzene rings is 4. The third-order valence-corrected chi connectivity index (χ3v) is 9.14. The van der Waals surface area contributed by atoms with Crippen molar-refractivity contribution in [1.29, 1.82) is 0 Å². The summed E-state index contributed by atoms with van der Waals surface area (Å²) in [4.78, 5) is 0. The standard InChI is InChI=1S/C28H28O2S3/c1-3-7-23-21(5-1)9-11-25-27(23)28-24-8-4-2-6-22(24)10-12-26(28)30-14-16-32-18-20-33-19-17-31-15-13-29-25/h1-12H,13-20H2. The van der Waals surface area contributed by atoms with Crippen LogP contribution in [0.25, 0.3) is 32.7 Å². The normalized spacial score (nSPS) is 16.2. The van der Waals surface area contributed by atoms with Crippen LogP contribution in [0.4, 0.5) is 0 Å². The molecule has 1 heterocycles. The Morgan fingerprint density at radius 2 is 0.879 bits per heavy atom. The van der Waals surface area contributed by atoms with Crippen molar-refractivity contribution in [3.8, 4) is 22.6 Å². The molecule has 0 N–H and O–H groups in total. The number of hydrogen-bond donors (Lipinski definition) is 0. The molecule has 0 atom stereocenters. The van der Waals surface area contributed by atoms with Gasteiger partial charge in [-0.2, -0.15) is 35.3 Å². The maximum Gasteiger partial charge on any atom is 0.127 e. The highest BCUT2D eigenvalue weighted by atomic mass is 32.2. The smallest absolute Gasteiger partial charge is 0.127 e. The Labute approximate surface area is 208 Å². The van der Waals surface area contributed by atoms with Crippen LogP contribution in [0.2, 0.25) is 0 Å². The van der Waals surface area contributed by atoms with Gasteiger partial charge in [0.05, 0.1) is 13.2 Å². The summed E-state index contributed by atoms with van der Waals surface area (Å²) in [7, 11) is 0. The zero-order valence-corrected chi connectivity index (χ0v) is 21.1. The van der Waals surface area contributed by atoms with Crippen molar-refractivity contribution in [2.75, 3.05) is 47.7 Å². The Hall–Kier alpha value is -1.95. The molecule has 0 aliphatic carbocycles. The molecule has 0 saturated carbocycles. The summed E-state index contributed by atoms with van der Waals surface area (Å²) in [6.07, 6.45) is 0. The van der Waals surface area contributed by atoms with Gasteiger partial charge in [0, 0.05) is 45.6 Å². The number of fused-ring (bicyclic) bond motifs is 7. The van der Waals surface area contributed by atoms with Crippen molar-refractivity contribution in [2.45, 2.75) is 0 Å². The molecule has 4 aromatic carbocycles. The molecule has 0 saturated heterocycles. The summed E-state index contributed by atoms with van der Waals surface area (Å²) in [6, 6.07) is 25.8. The molecule has 5 rings (SSSR count). The number of hydrogen-bond acceptors (Lipinski definition) is 5. The van der Waals surface area contributed by atoms with E-state index in [0.29, 0.717) is 13.2 Å². The largest absolute Gasteiger partial charge is 0.492 e. The monoisotopic (exact) mass is 492 g/mol. The van der Waals surface area contributed by atoms with Crippen LogP contribution in [0.5, 0.6) is 11.5 Å². The maximum absolute atomic E-state index is 6.44. The van der Waals surface area contributed by atoms with Crippen LogP contribution in [0.15, 0.2) is 72.8 Å². The van der Waals surface area contributed by atoms with Gasteiger partial charge in [-0.3, -0.25) is 0 Å². The first-order valence-corrected chi connectivity index (χ1v) is 14.9. The van der Waals surface area contributed by atoms with Gasteiger partial charge in [-0.1, -0.05) is 60.7 Å². The average molecular weight is 493 g/mol. The minimum absolute atomic E-state index is 0.706. The fourth-order valence-electron chi connectivity index (χ4n) is 4.22. The van der Waals surface area contributed by atoms with Crippen LogP contribution in [-0.4, -0.2) is 47.7 Å². The van der Waals surface area contributed by atoms with Gasteiger partial charge in [0.2, 0.25) is 0 Å². The number of ether oxygens (including phenoxy) is 2. The van der Waals surface area contributed by atoms with Crippen LogP contribution >= 0.6 is 35.3 Å². The molecule has 33 heavy (non-hydrogen) atoms. The van der Waals surface area contributed by atoms with Crippen LogP contribution in [0, 0.1) is 0 Å². The summed E-state index contributed by atoms with van der Waals surface area (Å²) in [5, 5.41) is 4.83. The van der Waals surface area contributed by atoms with Gasteiger partial charge in [-0.05, 0) is 33.7 Å². The van der Waals surface area contributed by atoms with Crippen molar-refractivity contribution in [2.24, 2.45) is 0 Å². The number of rotatable bonds is 0. The van der Waals surface area contributed by atoms with Gasteiger partial charge in [-0.15, -0.1) is 0 Å². The van der Waals surface area contributed by atoms with Gasteiger partial charge in [-0.25, -0.2) is 0 Å². The van der Waals surface area contributed by atoms with Crippen LogP contribution in [0.1, 0.15) is 0 Å². The van der Waals surface area contributed by atoms with Crippen molar-refractivity contribution in [3.05, 3.63) is 72.8 Å². The second-order valence-electron chi connectivity index (χ2n) is 7.85. The van der Waals surface area contributed by atoms with E-state index in [1.807, 2.05) is 35.3 Å². The summed E-state index contributed by atoms with van der Waals surface area (Å²) < 4.78 is 12.9. The number of thioether (sulfide) groups is 3. The molecule has 2 nitrogen and oxygen atoms in total. The second-order valence-corrected chi connectivity index (χ2v) is 11.5. The Kier molecular flexibility index (Phi) is 7.92. The second kappa shape index (κ2) is 11.5. The lowest BCUT2D eigenvalue weighted by molar-refractivity contribution is 0.341. The van der Waals surface area contributed by atoms with E-state index in [9.17, 15) is 0 Å². The molecule has 4 aromatic rings. The molecule has 1 aliphatic heterocycles. The van der Waals surface area contributed by atoms with E-state index >= 15 is 0 Å². The van der Waals surface area contributed by atoms with Crippen LogP contribution in [0.3, 0.4) is 0 Å². The van der Waals surface area contributed by atoms with Crippen molar-refractivity contribution in [3.63, 3.8) is 0 Å². The predicted octanol–water partition coefficient (Wildman–Crippen LogP) is 7.63. The van der Waals surface area contributed by atoms with E-state index in [-0.39, 0.29) is 0 Å². The highest BCUT2D eigenvalue weighted by Crippen LogP contribution is 2.45. The van der Waals surface area contributed by atoms with Crippen molar-refractivity contribution < 1.29 is 9.47 Å². The van der Waals surface area contributed by atoms with E-state index in [1.54, 1.807) is 0 Å². The fourth-order valence-corrected chi connectivity index (χ4v) is 7.12. The van der Waals surface area contributed by atoms with E-state index in [0.717, 1.165) is 34.1 Å². The molecular formula is C28H28O2S3. The van der Waals surface area contributed by atoms with Crippen molar-refractivity contribution >= 4 is 56.8 Å². The Morgan fingerprint density at radius 1 is 0.455 bits per heavy atom. The summed E-state index contributed by atoms with van der Waals surface area (Å²) in [5.41, 5.74) is 2.27. The molecular weight excluding hydrogens is 465 g/mol. The summed E-state index contributed by atoms with van der Waals surface area (Å²) >= 11 is 6.01. The lowest BCUT2D eigenvalue weighted by atomic mass is 9.92. The molecule has 0 bridgehead atoms. The summed E-state index contributed by atoms with van der Waals surface area (Å²) in [5.74, 6) is 8.65. The highest BCUT2D eigenvalue weighted by molar-refractivity contribution is 8.04. The van der Waals surface area contributed by atoms with E-state index in [4.69, 9.17) is 9.47 Å². The van der Waals surface area contributed by atoms with Gasteiger partial charge in [0.1, 0.15) is 11.5 Å². The first-order chi connectivity index (χ1) is 16.4. The molecule has 0 fully saturated rings. The molecule has 0 radical (unpaired) electrons. The first kappa shape index (κ1) is 22.8. The first-order valence-electron chi connectivity index (χ1n) is 11.4. The van der Waals surface area contributed by atoms with Gasteiger partial charge >= 0.3 is 0 Å². The molecule has 0 aromatic heterocycles. The molecule has 0 spiro atoms. The van der Waals surface area contributed by atoms with Gasteiger partial charge < -0.3 is 9.47 Å².